The number of nitrogens with one attached hydrogen (secondary N) is 1. The van der Waals surface area contributed by atoms with E-state index in [4.69, 9.17) is 0 Å². The molecule has 0 aliphatic carbocycles. The molecule has 35 heavy (non-hydrogen) atoms. The van der Waals surface area contributed by atoms with Gasteiger partial charge in [-0.2, -0.15) is 0 Å². The van der Waals surface area contributed by atoms with Gasteiger partial charge in [0.05, 0.1) is 0 Å². The molecule has 0 saturated carbocycles. The third-order valence-electron chi connectivity index (χ3n) is 6.14. The molecule has 1 fully saturated rings. The first-order chi connectivity index (χ1) is 16.9. The number of carbonyl (C=O) groups excluding carboxylic acids is 1. The second-order valence-electron chi connectivity index (χ2n) is 9.09. The summed E-state index contributed by atoms with van der Waals surface area (Å²) in [5.74, 6) is 0. The summed E-state index contributed by atoms with van der Waals surface area (Å²) in [4.78, 5) is 19.3. The Kier molecular flexibility index (Phi) is 12.1. The summed E-state index contributed by atoms with van der Waals surface area (Å²) in [6, 6.07) is 10.4. The fourth-order valence-electron chi connectivity index (χ4n) is 4.01. The molecular weight excluding hydrogens is 430 g/mol. The fraction of sp³-hybridized carbons (Fsp3) is 0.387. The van der Waals surface area contributed by atoms with Gasteiger partial charge in [0.15, 0.2) is 6.29 Å². The molecule has 4 heteroatoms. The van der Waals surface area contributed by atoms with Crippen molar-refractivity contribution in [3.05, 3.63) is 89.3 Å². The van der Waals surface area contributed by atoms with Gasteiger partial charge in [0, 0.05) is 48.8 Å². The smallest absolute Gasteiger partial charge is 0.151 e. The van der Waals surface area contributed by atoms with Crippen molar-refractivity contribution >= 4 is 23.6 Å². The number of piperazine rings is 1. The summed E-state index contributed by atoms with van der Waals surface area (Å²) in [5.41, 5.74) is 6.83. The number of aromatic nitrogens is 1. The van der Waals surface area contributed by atoms with E-state index in [-0.39, 0.29) is 0 Å². The van der Waals surface area contributed by atoms with Crippen molar-refractivity contribution in [1.82, 2.24) is 9.88 Å². The lowest BCUT2D eigenvalue weighted by Crippen LogP contribution is -2.44. The van der Waals surface area contributed by atoms with Crippen LogP contribution in [0.4, 0.5) is 5.69 Å². The molecule has 0 bridgehead atoms. The van der Waals surface area contributed by atoms with E-state index in [0.717, 1.165) is 55.0 Å². The maximum Gasteiger partial charge on any atom is 0.151 e. The van der Waals surface area contributed by atoms with Crippen LogP contribution in [0.1, 0.15) is 67.3 Å². The van der Waals surface area contributed by atoms with Gasteiger partial charge < -0.3 is 14.8 Å². The Hall–Kier alpha value is -3.11. The Morgan fingerprint density at radius 3 is 2.31 bits per heavy atom. The number of aldehydes is 1. The molecule has 4 nitrogen and oxygen atoms in total. The fourth-order valence-corrected chi connectivity index (χ4v) is 4.01. The molecule has 0 amide bonds. The van der Waals surface area contributed by atoms with Gasteiger partial charge in [-0.05, 0) is 55.8 Å². The van der Waals surface area contributed by atoms with Crippen LogP contribution in [-0.4, -0.2) is 49.4 Å². The maximum absolute atomic E-state index is 11.2. The largest absolute Gasteiger partial charge is 0.368 e. The lowest BCUT2D eigenvalue weighted by atomic mass is 10.1. The van der Waals surface area contributed by atoms with E-state index >= 15 is 0 Å². The Morgan fingerprint density at radius 1 is 1.06 bits per heavy atom. The zero-order valence-electron chi connectivity index (χ0n) is 22.3. The van der Waals surface area contributed by atoms with Crippen molar-refractivity contribution in [2.24, 2.45) is 0 Å². The number of hydrogen-bond acceptors (Lipinski definition) is 3. The Labute approximate surface area is 212 Å². The van der Waals surface area contributed by atoms with Gasteiger partial charge in [0.1, 0.15) is 0 Å². The number of aromatic amines is 1. The first kappa shape index (κ1) is 28.1. The second kappa shape index (κ2) is 15.0. The molecule has 1 aliphatic rings. The normalized spacial score (nSPS) is 14.9. The van der Waals surface area contributed by atoms with Crippen molar-refractivity contribution in [3.8, 4) is 0 Å². The maximum atomic E-state index is 11.2. The molecule has 188 valence electrons. The third-order valence-corrected chi connectivity index (χ3v) is 6.14. The highest BCUT2D eigenvalue weighted by molar-refractivity contribution is 5.83. The summed E-state index contributed by atoms with van der Waals surface area (Å²) >= 11 is 0. The number of unbranched alkanes of at least 4 members (excludes halogenated alkanes) is 2. The van der Waals surface area contributed by atoms with Crippen LogP contribution < -0.4 is 4.90 Å². The molecule has 1 saturated heterocycles. The van der Waals surface area contributed by atoms with E-state index in [0.29, 0.717) is 5.56 Å². The standard InChI is InChI=1S/C26H31N3O.C5H12/c1-5-8-23(25-18-24(19-30)21(3)27-25)17-20(2)11-12-22-9-6-7-10-26(22)29-15-13-28(4)14-16-29;1-3-5-4-2/h5-12,17-19,27H,2,13-16H2,1,3-4H3;3-5H2,1-2H3/b8-5-,12-11+,23-17+;. The van der Waals surface area contributed by atoms with Crippen molar-refractivity contribution in [1.29, 1.82) is 0 Å². The van der Waals surface area contributed by atoms with E-state index < -0.39 is 0 Å². The lowest BCUT2D eigenvalue weighted by Gasteiger charge is -2.34. The summed E-state index contributed by atoms with van der Waals surface area (Å²) in [5, 5.41) is 0. The predicted molar refractivity (Wildman–Crippen MR) is 153 cm³/mol. The topological polar surface area (TPSA) is 39.3 Å². The summed E-state index contributed by atoms with van der Waals surface area (Å²) in [6.45, 7) is 16.8. The minimum atomic E-state index is 0.683. The van der Waals surface area contributed by atoms with Crippen LogP contribution in [0.3, 0.4) is 0 Å². The number of benzene rings is 1. The zero-order valence-corrected chi connectivity index (χ0v) is 22.3. The quantitative estimate of drug-likeness (QED) is 0.306. The molecule has 1 aliphatic heterocycles. The average Bonchev–Trinajstić information content (AvgIpc) is 3.24. The van der Waals surface area contributed by atoms with E-state index in [2.05, 4.69) is 78.7 Å². The highest BCUT2D eigenvalue weighted by Crippen LogP contribution is 2.24. The molecule has 1 aromatic heterocycles. The number of hydrogen-bond donors (Lipinski definition) is 1. The Bertz CT molecular complexity index is 1030. The number of H-pyrrole nitrogens is 1. The Balaban J connectivity index is 0.000000784. The second-order valence-corrected chi connectivity index (χ2v) is 9.09. The van der Waals surface area contributed by atoms with Gasteiger partial charge in [-0.1, -0.05) is 82.2 Å². The molecule has 1 aromatic carbocycles. The molecular formula is C31H43N3O. The molecule has 3 rings (SSSR count). The Morgan fingerprint density at radius 2 is 1.74 bits per heavy atom. The number of allylic oxidation sites excluding steroid dienone is 6. The highest BCUT2D eigenvalue weighted by Gasteiger charge is 2.15. The third kappa shape index (κ3) is 8.88. The number of aryl methyl sites for hydroxylation is 1. The van der Waals surface area contributed by atoms with Crippen LogP contribution in [0, 0.1) is 6.92 Å². The summed E-state index contributed by atoms with van der Waals surface area (Å²) < 4.78 is 0. The van der Waals surface area contributed by atoms with Crippen LogP contribution in [0.25, 0.3) is 11.6 Å². The lowest BCUT2D eigenvalue weighted by molar-refractivity contribution is 0.112. The number of carbonyl (C=O) groups is 1. The van der Waals surface area contributed by atoms with Crippen LogP contribution in [0.2, 0.25) is 0 Å². The minimum absolute atomic E-state index is 0.683. The molecule has 0 unspecified atom stereocenters. The summed E-state index contributed by atoms with van der Waals surface area (Å²) in [6.07, 6.45) is 15.2. The van der Waals surface area contributed by atoms with Crippen LogP contribution in [-0.2, 0) is 0 Å². The highest BCUT2D eigenvalue weighted by atomic mass is 16.1. The molecule has 1 N–H and O–H groups in total. The number of para-hydroxylation sites is 1. The van der Waals surface area contributed by atoms with E-state index in [9.17, 15) is 4.79 Å². The summed E-state index contributed by atoms with van der Waals surface area (Å²) in [7, 11) is 2.17. The van der Waals surface area contributed by atoms with E-state index in [1.165, 1.54) is 30.5 Å². The molecule has 2 heterocycles. The molecule has 0 atom stereocenters. The van der Waals surface area contributed by atoms with Gasteiger partial charge in [-0.3, -0.25) is 4.79 Å². The first-order valence-electron chi connectivity index (χ1n) is 12.8. The van der Waals surface area contributed by atoms with Crippen molar-refractivity contribution in [3.63, 3.8) is 0 Å². The van der Waals surface area contributed by atoms with Crippen molar-refractivity contribution in [2.75, 3.05) is 38.1 Å². The molecule has 0 spiro atoms. The van der Waals surface area contributed by atoms with Gasteiger partial charge in [-0.15, -0.1) is 0 Å². The first-order valence-corrected chi connectivity index (χ1v) is 12.8. The predicted octanol–water partition coefficient (Wildman–Crippen LogP) is 7.31. The van der Waals surface area contributed by atoms with Crippen LogP contribution in [0.15, 0.2) is 66.8 Å². The number of anilines is 1. The van der Waals surface area contributed by atoms with Gasteiger partial charge in [-0.25, -0.2) is 0 Å². The van der Waals surface area contributed by atoms with Crippen LogP contribution in [0.5, 0.6) is 0 Å². The molecule has 2 aromatic rings. The van der Waals surface area contributed by atoms with E-state index in [1.54, 1.807) is 0 Å². The SMILES string of the molecule is C=C(/C=C/c1ccccc1N1CCN(C)CC1)/C=C(\C=C/C)c1cc(C=O)c(C)[nH]1.CCCCC. The average molecular weight is 474 g/mol. The van der Waals surface area contributed by atoms with Gasteiger partial charge in [0.25, 0.3) is 0 Å². The van der Waals surface area contributed by atoms with E-state index in [1.807, 2.05) is 38.1 Å². The number of nitrogens with zero attached hydrogens (tertiary/aromatic N) is 2. The van der Waals surface area contributed by atoms with Gasteiger partial charge >= 0.3 is 0 Å². The zero-order chi connectivity index (χ0) is 25.6. The number of rotatable bonds is 9. The van der Waals surface area contributed by atoms with Crippen LogP contribution >= 0.6 is 0 Å². The van der Waals surface area contributed by atoms with Gasteiger partial charge in [0.2, 0.25) is 0 Å². The number of likely N-dealkylation sites (N-methyl/N-ethyl adjacent to an activating group) is 1. The van der Waals surface area contributed by atoms with Crippen molar-refractivity contribution in [2.45, 2.75) is 47.0 Å². The molecule has 0 radical (unpaired) electrons. The monoisotopic (exact) mass is 473 g/mol. The van der Waals surface area contributed by atoms with Crippen molar-refractivity contribution < 1.29 is 4.79 Å². The minimum Gasteiger partial charge on any atom is -0.368 e.